The van der Waals surface area contributed by atoms with Gasteiger partial charge in [-0.25, -0.2) is 0 Å². The second-order valence-electron chi connectivity index (χ2n) is 12.4. The minimum absolute atomic E-state index is 0.0617. The van der Waals surface area contributed by atoms with E-state index in [1.807, 2.05) is 60.7 Å². The molecule has 6 nitrogen and oxygen atoms in total. The number of phenolic OH excluding ortho intramolecular Hbond substituents is 1. The van der Waals surface area contributed by atoms with Crippen molar-refractivity contribution in [2.75, 3.05) is 16.8 Å². The number of fused-ring (bicyclic) bond motifs is 3. The highest BCUT2D eigenvalue weighted by molar-refractivity contribution is 6.32. The Labute approximate surface area is 270 Å². The second kappa shape index (κ2) is 13.6. The fraction of sp³-hybridized carbons (Fsp3) is 0.368. The van der Waals surface area contributed by atoms with E-state index >= 15 is 0 Å². The molecule has 45 heavy (non-hydrogen) atoms. The molecule has 4 atom stereocenters. The van der Waals surface area contributed by atoms with Crippen LogP contribution in [0, 0.1) is 17.8 Å². The van der Waals surface area contributed by atoms with Crippen molar-refractivity contribution >= 4 is 46.6 Å². The Kier molecular flexibility index (Phi) is 9.43. The summed E-state index contributed by atoms with van der Waals surface area (Å²) in [4.78, 5) is 29.3. The summed E-state index contributed by atoms with van der Waals surface area (Å²) in [5.41, 5.74) is 7.24. The van der Waals surface area contributed by atoms with Crippen molar-refractivity contribution < 1.29 is 19.4 Å². The van der Waals surface area contributed by atoms with Crippen LogP contribution in [0.4, 0.5) is 17.1 Å². The second-order valence-corrected chi connectivity index (χ2v) is 12.8. The van der Waals surface area contributed by atoms with Gasteiger partial charge in [-0.2, -0.15) is 0 Å². The number of phenols is 1. The normalized spacial score (nSPS) is 23.0. The number of nitrogens with zero attached hydrogens (tertiary/aromatic N) is 1. The smallest absolute Gasteiger partial charge is 0.238 e. The number of amides is 2. The molecular weight excluding hydrogens is 584 g/mol. The van der Waals surface area contributed by atoms with Gasteiger partial charge in [-0.15, -0.1) is 0 Å². The van der Waals surface area contributed by atoms with Gasteiger partial charge in [0, 0.05) is 17.3 Å². The Balaban J connectivity index is 1.20. The van der Waals surface area contributed by atoms with Crippen LogP contribution in [-0.4, -0.2) is 29.6 Å². The lowest BCUT2D eigenvalue weighted by atomic mass is 9.68. The van der Waals surface area contributed by atoms with Gasteiger partial charge in [0.15, 0.2) is 0 Å². The Bertz CT molecular complexity index is 1610. The minimum atomic E-state index is -0.387. The van der Waals surface area contributed by atoms with E-state index in [1.165, 1.54) is 21.6 Å². The molecular formula is C38H41ClN2O4. The van der Waals surface area contributed by atoms with Crippen LogP contribution in [0.3, 0.4) is 0 Å². The molecule has 0 bridgehead atoms. The molecule has 234 valence electrons. The summed E-state index contributed by atoms with van der Waals surface area (Å²) in [6.45, 7) is 4.80. The number of ether oxygens (including phenoxy) is 1. The Morgan fingerprint density at radius 1 is 0.956 bits per heavy atom. The molecule has 0 unspecified atom stereocenters. The molecule has 2 saturated heterocycles. The predicted octanol–water partition coefficient (Wildman–Crippen LogP) is 9.07. The first-order chi connectivity index (χ1) is 21.9. The summed E-state index contributed by atoms with van der Waals surface area (Å²) in [7, 11) is 0. The lowest BCUT2D eigenvalue weighted by molar-refractivity contribution is -0.122. The first-order valence-electron chi connectivity index (χ1n) is 16.2. The summed E-state index contributed by atoms with van der Waals surface area (Å²) in [5, 5.41) is 13.7. The number of aromatic hydroxyl groups is 1. The van der Waals surface area contributed by atoms with Crippen LogP contribution in [0.2, 0.25) is 5.02 Å². The number of anilines is 3. The van der Waals surface area contributed by atoms with Crippen molar-refractivity contribution in [1.29, 1.82) is 0 Å². The SMILES string of the molecule is CCCC1=C2[C@@H](CC/C(=C/c3ccc(O)cc3Cl)CCC)OC[C@@H]2[C@@H]2C(=O)N(c3ccc(Nc4ccccc4)cc3)C(=O)[C@@H]2C1. The van der Waals surface area contributed by atoms with Crippen molar-refractivity contribution in [3.8, 4) is 5.75 Å². The zero-order valence-corrected chi connectivity index (χ0v) is 26.7. The van der Waals surface area contributed by atoms with Crippen LogP contribution in [0.1, 0.15) is 64.4 Å². The zero-order valence-electron chi connectivity index (χ0n) is 26.0. The van der Waals surface area contributed by atoms with E-state index in [0.29, 0.717) is 23.7 Å². The predicted molar refractivity (Wildman–Crippen MR) is 181 cm³/mol. The van der Waals surface area contributed by atoms with Crippen molar-refractivity contribution in [2.24, 2.45) is 17.8 Å². The van der Waals surface area contributed by atoms with Gasteiger partial charge < -0.3 is 15.2 Å². The number of carbonyl (C=O) groups is 2. The van der Waals surface area contributed by atoms with Gasteiger partial charge in [-0.1, -0.05) is 73.7 Å². The van der Waals surface area contributed by atoms with Crippen LogP contribution in [0.5, 0.6) is 5.75 Å². The molecule has 2 amide bonds. The lowest BCUT2D eigenvalue weighted by Gasteiger charge is -2.32. The van der Waals surface area contributed by atoms with E-state index in [9.17, 15) is 14.7 Å². The van der Waals surface area contributed by atoms with Crippen LogP contribution in [0.25, 0.3) is 6.08 Å². The highest BCUT2D eigenvalue weighted by atomic mass is 35.5. The number of hydrogen-bond donors (Lipinski definition) is 2. The van der Waals surface area contributed by atoms with Crippen molar-refractivity contribution in [1.82, 2.24) is 0 Å². The summed E-state index contributed by atoms with van der Waals surface area (Å²) in [6.07, 6.45) is 8.22. The van der Waals surface area contributed by atoms with E-state index in [-0.39, 0.29) is 41.4 Å². The summed E-state index contributed by atoms with van der Waals surface area (Å²) in [6, 6.07) is 22.5. The topological polar surface area (TPSA) is 78.9 Å². The van der Waals surface area contributed by atoms with Gasteiger partial charge in [0.05, 0.1) is 35.3 Å². The fourth-order valence-corrected chi connectivity index (χ4v) is 7.64. The molecule has 2 aliphatic heterocycles. The number of allylic oxidation sites excluding steroid dienone is 2. The average Bonchev–Trinajstić information content (AvgIpc) is 3.56. The third-order valence-electron chi connectivity index (χ3n) is 9.39. The van der Waals surface area contributed by atoms with E-state index in [0.717, 1.165) is 55.5 Å². The highest BCUT2D eigenvalue weighted by Gasteiger charge is 2.57. The monoisotopic (exact) mass is 624 g/mol. The summed E-state index contributed by atoms with van der Waals surface area (Å²) in [5.74, 6) is -0.846. The van der Waals surface area contributed by atoms with Crippen LogP contribution < -0.4 is 10.2 Å². The number of para-hydroxylation sites is 1. The van der Waals surface area contributed by atoms with Gasteiger partial charge in [0.2, 0.25) is 11.8 Å². The third-order valence-corrected chi connectivity index (χ3v) is 9.72. The van der Waals surface area contributed by atoms with Gasteiger partial charge in [-0.05, 0) is 97.8 Å². The molecule has 2 heterocycles. The lowest BCUT2D eigenvalue weighted by Crippen LogP contribution is -2.34. The van der Waals surface area contributed by atoms with Crippen molar-refractivity contribution in [2.45, 2.75) is 64.9 Å². The van der Waals surface area contributed by atoms with Gasteiger partial charge >= 0.3 is 0 Å². The number of benzene rings is 3. The molecule has 0 saturated carbocycles. The van der Waals surface area contributed by atoms with Crippen molar-refractivity contribution in [3.05, 3.63) is 100 Å². The quantitative estimate of drug-likeness (QED) is 0.164. The Hall–Kier alpha value is -3.87. The maximum absolute atomic E-state index is 14.0. The third kappa shape index (κ3) is 6.45. The molecule has 6 rings (SSSR count). The average molecular weight is 625 g/mol. The van der Waals surface area contributed by atoms with Crippen LogP contribution in [-0.2, 0) is 14.3 Å². The first kappa shape index (κ1) is 31.1. The minimum Gasteiger partial charge on any atom is -0.508 e. The molecule has 3 aliphatic rings. The molecule has 7 heteroatoms. The molecule has 0 spiro atoms. The Morgan fingerprint density at radius 3 is 2.42 bits per heavy atom. The Morgan fingerprint density at radius 2 is 1.71 bits per heavy atom. The maximum Gasteiger partial charge on any atom is 0.238 e. The molecule has 3 aromatic carbocycles. The standard InChI is InChI=1S/C38H41ClN2O4/c1-3-8-24(20-25-13-18-30(42)22-33(25)39)12-19-34-35-26(9-4-2)21-31-36(32(35)23-45-34)38(44)41(37(31)43)29-16-14-28(15-17-29)40-27-10-6-5-7-11-27/h5-7,10-11,13-18,20,22,31-32,34,36,40,42H,3-4,8-9,12,19,21,23H2,1-2H3/b24-20+/t31-,32+,34-,36-/m1/s1. The fourth-order valence-electron chi connectivity index (χ4n) is 7.41. The van der Waals surface area contributed by atoms with Gasteiger partial charge in [0.25, 0.3) is 0 Å². The largest absolute Gasteiger partial charge is 0.508 e. The summed E-state index contributed by atoms with van der Waals surface area (Å²) < 4.78 is 6.47. The number of hydrogen-bond acceptors (Lipinski definition) is 5. The number of halogens is 1. The van der Waals surface area contributed by atoms with Crippen LogP contribution in [0.15, 0.2) is 89.5 Å². The van der Waals surface area contributed by atoms with E-state index in [1.54, 1.807) is 12.1 Å². The molecule has 1 aliphatic carbocycles. The number of rotatable bonds is 11. The molecule has 0 radical (unpaired) electrons. The number of imide groups is 1. The van der Waals surface area contributed by atoms with E-state index in [2.05, 4.69) is 25.2 Å². The van der Waals surface area contributed by atoms with E-state index < -0.39 is 0 Å². The maximum atomic E-state index is 14.0. The van der Waals surface area contributed by atoms with Gasteiger partial charge in [0.1, 0.15) is 5.75 Å². The molecule has 2 fully saturated rings. The van der Waals surface area contributed by atoms with Crippen molar-refractivity contribution in [3.63, 3.8) is 0 Å². The first-order valence-corrected chi connectivity index (χ1v) is 16.6. The zero-order chi connectivity index (χ0) is 31.5. The van der Waals surface area contributed by atoms with Crippen LogP contribution >= 0.6 is 11.6 Å². The van der Waals surface area contributed by atoms with Gasteiger partial charge in [-0.3, -0.25) is 14.5 Å². The molecule has 2 N–H and O–H groups in total. The van der Waals surface area contributed by atoms with E-state index in [4.69, 9.17) is 16.3 Å². The number of carbonyl (C=O) groups excluding carboxylic acids is 2. The molecule has 0 aromatic heterocycles. The summed E-state index contributed by atoms with van der Waals surface area (Å²) >= 11 is 6.42. The number of nitrogens with one attached hydrogen (secondary N) is 1. The highest BCUT2D eigenvalue weighted by Crippen LogP contribution is 2.51. The molecule has 3 aromatic rings.